The van der Waals surface area contributed by atoms with Gasteiger partial charge in [0.15, 0.2) is 16.7 Å². The minimum Gasteiger partial charge on any atom is -0.493 e. The second-order valence-electron chi connectivity index (χ2n) is 7.70. The summed E-state index contributed by atoms with van der Waals surface area (Å²) in [6.45, 7) is 5.46. The Morgan fingerprint density at radius 3 is 2.55 bits per heavy atom. The number of ether oxygens (including phenoxy) is 2. The molecule has 0 bridgehead atoms. The largest absolute Gasteiger partial charge is 0.493 e. The first kappa shape index (κ1) is 21.3. The van der Waals surface area contributed by atoms with Crippen molar-refractivity contribution in [2.75, 3.05) is 26.5 Å². The van der Waals surface area contributed by atoms with E-state index in [1.807, 2.05) is 23.2 Å². The van der Waals surface area contributed by atoms with Gasteiger partial charge in [-0.25, -0.2) is 4.98 Å². The first-order chi connectivity index (χ1) is 15.0. The maximum absolute atomic E-state index is 13.0. The fraction of sp³-hybridized carbons (Fsp3) is 0.333. The van der Waals surface area contributed by atoms with Crippen molar-refractivity contribution >= 4 is 17.7 Å². The number of aromatic nitrogens is 2. The first-order valence-electron chi connectivity index (χ1n) is 10.3. The molecule has 0 spiro atoms. The fourth-order valence-electron chi connectivity index (χ4n) is 3.97. The van der Waals surface area contributed by atoms with Gasteiger partial charge in [-0.2, -0.15) is 0 Å². The molecule has 7 heteroatoms. The van der Waals surface area contributed by atoms with Gasteiger partial charge in [0.1, 0.15) is 0 Å². The monoisotopic (exact) mass is 437 g/mol. The smallest absolute Gasteiger partial charge is 0.233 e. The molecule has 3 aromatic rings. The highest BCUT2D eigenvalue weighted by atomic mass is 32.2. The van der Waals surface area contributed by atoms with Crippen molar-refractivity contribution in [2.24, 2.45) is 0 Å². The number of imidazole rings is 1. The molecule has 0 aliphatic carbocycles. The molecule has 1 aromatic heterocycles. The van der Waals surface area contributed by atoms with Gasteiger partial charge in [-0.3, -0.25) is 9.36 Å². The molecule has 162 valence electrons. The summed E-state index contributed by atoms with van der Waals surface area (Å²) in [6.07, 6.45) is 4.54. The highest BCUT2D eigenvalue weighted by Gasteiger charge is 2.23. The van der Waals surface area contributed by atoms with Crippen LogP contribution in [-0.4, -0.2) is 46.9 Å². The second kappa shape index (κ2) is 9.06. The summed E-state index contributed by atoms with van der Waals surface area (Å²) >= 11 is 1.47. The molecule has 0 saturated carbocycles. The highest BCUT2D eigenvalue weighted by Crippen LogP contribution is 2.33. The summed E-state index contributed by atoms with van der Waals surface area (Å²) in [6, 6.07) is 10.3. The lowest BCUT2D eigenvalue weighted by atomic mass is 9.99. The molecule has 1 aliphatic rings. The Morgan fingerprint density at radius 2 is 1.84 bits per heavy atom. The average Bonchev–Trinajstić information content (AvgIpc) is 3.24. The van der Waals surface area contributed by atoms with Gasteiger partial charge >= 0.3 is 0 Å². The van der Waals surface area contributed by atoms with Crippen LogP contribution < -0.4 is 9.47 Å². The molecule has 0 radical (unpaired) electrons. The number of hydrogen-bond donors (Lipinski definition) is 0. The number of amides is 1. The molecule has 2 aromatic carbocycles. The van der Waals surface area contributed by atoms with E-state index >= 15 is 0 Å². The van der Waals surface area contributed by atoms with E-state index < -0.39 is 0 Å². The molecular weight excluding hydrogens is 410 g/mol. The number of methoxy groups -OCH3 is 2. The van der Waals surface area contributed by atoms with Gasteiger partial charge in [0, 0.05) is 25.5 Å². The fourth-order valence-corrected chi connectivity index (χ4v) is 4.84. The summed E-state index contributed by atoms with van der Waals surface area (Å²) in [5.74, 6) is 1.89. The van der Waals surface area contributed by atoms with E-state index in [0.29, 0.717) is 24.6 Å². The van der Waals surface area contributed by atoms with Crippen LogP contribution in [0.5, 0.6) is 11.5 Å². The Bertz CT molecular complexity index is 1110. The number of fused-ring (bicyclic) bond motifs is 1. The normalized spacial score (nSPS) is 13.1. The number of rotatable bonds is 6. The van der Waals surface area contributed by atoms with Gasteiger partial charge in [-0.05, 0) is 55.2 Å². The van der Waals surface area contributed by atoms with Crippen LogP contribution >= 0.6 is 11.8 Å². The number of carbonyl (C=O) groups is 1. The van der Waals surface area contributed by atoms with Crippen LogP contribution in [0.2, 0.25) is 0 Å². The van der Waals surface area contributed by atoms with E-state index in [2.05, 4.69) is 41.6 Å². The predicted molar refractivity (Wildman–Crippen MR) is 122 cm³/mol. The molecule has 0 unspecified atom stereocenters. The summed E-state index contributed by atoms with van der Waals surface area (Å²) in [4.78, 5) is 19.3. The zero-order valence-corrected chi connectivity index (χ0v) is 19.2. The van der Waals surface area contributed by atoms with Crippen LogP contribution in [0.15, 0.2) is 47.9 Å². The minimum absolute atomic E-state index is 0.112. The van der Waals surface area contributed by atoms with E-state index in [-0.39, 0.29) is 5.91 Å². The van der Waals surface area contributed by atoms with Crippen LogP contribution in [-0.2, 0) is 17.8 Å². The lowest BCUT2D eigenvalue weighted by molar-refractivity contribution is -0.129. The molecule has 0 saturated heterocycles. The molecule has 4 rings (SSSR count). The van der Waals surface area contributed by atoms with Gasteiger partial charge < -0.3 is 14.4 Å². The Kier molecular flexibility index (Phi) is 6.23. The summed E-state index contributed by atoms with van der Waals surface area (Å²) in [5.41, 5.74) is 5.82. The average molecular weight is 438 g/mol. The van der Waals surface area contributed by atoms with Crippen molar-refractivity contribution in [1.82, 2.24) is 14.5 Å². The van der Waals surface area contributed by atoms with Crippen LogP contribution in [0.3, 0.4) is 0 Å². The maximum atomic E-state index is 13.0. The van der Waals surface area contributed by atoms with E-state index in [1.165, 1.54) is 28.5 Å². The zero-order chi connectivity index (χ0) is 22.0. The SMILES string of the molecule is COc1cc2c(cc1OC)CN(C(=O)CSc1nccn1-c1ccc(C)cc1C)CC2. The predicted octanol–water partition coefficient (Wildman–Crippen LogP) is 4.18. The highest BCUT2D eigenvalue weighted by molar-refractivity contribution is 7.99. The standard InChI is InChI=1S/C24H27N3O3S/c1-16-5-6-20(17(2)11-16)27-10-8-25-24(27)31-15-23(28)26-9-7-18-12-21(29-3)22(30-4)13-19(18)14-26/h5-6,8,10-13H,7,9,14-15H2,1-4H3. The van der Waals surface area contributed by atoms with Crippen LogP contribution in [0.1, 0.15) is 22.3 Å². The molecule has 2 heterocycles. The lowest BCUT2D eigenvalue weighted by Crippen LogP contribution is -2.37. The van der Waals surface area contributed by atoms with Gasteiger partial charge in [0.05, 0.1) is 25.7 Å². The molecular formula is C24H27N3O3S. The number of thioether (sulfide) groups is 1. The third-order valence-electron chi connectivity index (χ3n) is 5.61. The van der Waals surface area contributed by atoms with E-state index in [0.717, 1.165) is 28.6 Å². The van der Waals surface area contributed by atoms with Crippen LogP contribution in [0.4, 0.5) is 0 Å². The number of nitrogens with zero attached hydrogens (tertiary/aromatic N) is 3. The van der Waals surface area contributed by atoms with Gasteiger partial charge in [0.25, 0.3) is 0 Å². The molecule has 0 atom stereocenters. The molecule has 0 fully saturated rings. The van der Waals surface area contributed by atoms with E-state index in [4.69, 9.17) is 9.47 Å². The number of carbonyl (C=O) groups excluding carboxylic acids is 1. The molecule has 1 aliphatic heterocycles. The van der Waals surface area contributed by atoms with Crippen LogP contribution in [0, 0.1) is 13.8 Å². The molecule has 31 heavy (non-hydrogen) atoms. The Morgan fingerprint density at radius 1 is 1.10 bits per heavy atom. The molecule has 6 nitrogen and oxygen atoms in total. The van der Waals surface area contributed by atoms with Crippen molar-refractivity contribution in [3.63, 3.8) is 0 Å². The number of benzene rings is 2. The van der Waals surface area contributed by atoms with Crippen molar-refractivity contribution in [1.29, 1.82) is 0 Å². The summed E-state index contributed by atoms with van der Waals surface area (Å²) in [7, 11) is 3.27. The Hall–Kier alpha value is -2.93. The summed E-state index contributed by atoms with van der Waals surface area (Å²) in [5, 5.41) is 0.823. The van der Waals surface area contributed by atoms with Gasteiger partial charge in [-0.1, -0.05) is 29.5 Å². The lowest BCUT2D eigenvalue weighted by Gasteiger charge is -2.29. The third kappa shape index (κ3) is 4.42. The topological polar surface area (TPSA) is 56.6 Å². The molecule has 0 N–H and O–H groups in total. The zero-order valence-electron chi connectivity index (χ0n) is 18.3. The molecule has 1 amide bonds. The third-order valence-corrected chi connectivity index (χ3v) is 6.57. The second-order valence-corrected chi connectivity index (χ2v) is 8.64. The van der Waals surface area contributed by atoms with E-state index in [9.17, 15) is 4.79 Å². The van der Waals surface area contributed by atoms with Crippen LogP contribution in [0.25, 0.3) is 5.69 Å². The summed E-state index contributed by atoms with van der Waals surface area (Å²) < 4.78 is 12.9. The van der Waals surface area contributed by atoms with Crippen molar-refractivity contribution in [3.05, 3.63) is 65.0 Å². The quantitative estimate of drug-likeness (QED) is 0.542. The van der Waals surface area contributed by atoms with Crippen molar-refractivity contribution in [2.45, 2.75) is 32.0 Å². The number of aryl methyl sites for hydroxylation is 2. The minimum atomic E-state index is 0.112. The van der Waals surface area contributed by atoms with Crippen molar-refractivity contribution < 1.29 is 14.3 Å². The Balaban J connectivity index is 1.45. The van der Waals surface area contributed by atoms with Gasteiger partial charge in [0.2, 0.25) is 5.91 Å². The maximum Gasteiger partial charge on any atom is 0.233 e. The first-order valence-corrected chi connectivity index (χ1v) is 11.2. The number of hydrogen-bond acceptors (Lipinski definition) is 5. The Labute approximate surface area is 187 Å². The van der Waals surface area contributed by atoms with Gasteiger partial charge in [-0.15, -0.1) is 0 Å². The van der Waals surface area contributed by atoms with Crippen molar-refractivity contribution in [3.8, 4) is 17.2 Å². The van der Waals surface area contributed by atoms with E-state index in [1.54, 1.807) is 20.4 Å².